The van der Waals surface area contributed by atoms with E-state index >= 15 is 0 Å². The van der Waals surface area contributed by atoms with Gasteiger partial charge in [-0.15, -0.1) is 0 Å². The van der Waals surface area contributed by atoms with Gasteiger partial charge in [0.2, 0.25) is 5.91 Å². The van der Waals surface area contributed by atoms with Crippen molar-refractivity contribution in [1.82, 2.24) is 4.90 Å². The summed E-state index contributed by atoms with van der Waals surface area (Å²) in [7, 11) is 1.13. The highest BCUT2D eigenvalue weighted by Crippen LogP contribution is 2.30. The summed E-state index contributed by atoms with van der Waals surface area (Å²) in [6.45, 7) is 0.256. The van der Waals surface area contributed by atoms with Gasteiger partial charge in [0.05, 0.1) is 20.1 Å². The third-order valence-corrected chi connectivity index (χ3v) is 2.31. The zero-order valence-electron chi connectivity index (χ0n) is 8.06. The maximum Gasteiger partial charge on any atom is 0.378 e. The number of carbonyl (C=O) groups is 3. The number of β-lactam (4-membered cyclic amide) rings is 1. The number of fused-ring (bicyclic) bond motifs is 1. The van der Waals surface area contributed by atoms with Crippen LogP contribution in [0.15, 0.2) is 11.8 Å². The predicted molar refractivity (Wildman–Crippen MR) is 46.3 cm³/mol. The molecule has 1 unspecified atom stereocenters. The summed E-state index contributed by atoms with van der Waals surface area (Å²) in [5.74, 6) is -1.38. The molecule has 2 aliphatic heterocycles. The molecular weight excluding hydrogens is 202 g/mol. The summed E-state index contributed by atoms with van der Waals surface area (Å²) in [6, 6.07) is 0. The fourth-order valence-electron chi connectivity index (χ4n) is 1.49. The summed E-state index contributed by atoms with van der Waals surface area (Å²) in [5.41, 5.74) is 0. The molecule has 0 bridgehead atoms. The smallest absolute Gasteiger partial charge is 0.378 e. The van der Waals surface area contributed by atoms with E-state index in [1.54, 1.807) is 0 Å². The first-order chi connectivity index (χ1) is 7.11. The predicted octanol–water partition coefficient (Wildman–Crippen LogP) is -0.799. The molecule has 80 valence electrons. The van der Waals surface area contributed by atoms with Crippen LogP contribution in [-0.2, 0) is 23.9 Å². The standard InChI is InChI=1S/C9H9NO5/c1-14-9(13)6(11)2-5-4-10-7(12)3-8(10)15-5/h2,8H,3-4H2,1H3/b5-2-. The number of esters is 1. The van der Waals surface area contributed by atoms with Crippen molar-refractivity contribution < 1.29 is 23.9 Å². The van der Waals surface area contributed by atoms with Crippen molar-refractivity contribution in [1.29, 1.82) is 0 Å². The van der Waals surface area contributed by atoms with E-state index in [9.17, 15) is 14.4 Å². The topological polar surface area (TPSA) is 72.9 Å². The molecule has 2 saturated heterocycles. The maximum absolute atomic E-state index is 11.1. The van der Waals surface area contributed by atoms with Gasteiger partial charge in [-0.05, 0) is 0 Å². The molecule has 0 aromatic rings. The zero-order valence-corrected chi connectivity index (χ0v) is 8.06. The lowest BCUT2D eigenvalue weighted by Crippen LogP contribution is -2.48. The van der Waals surface area contributed by atoms with E-state index in [1.807, 2.05) is 0 Å². The number of amides is 1. The van der Waals surface area contributed by atoms with E-state index in [0.29, 0.717) is 12.2 Å². The van der Waals surface area contributed by atoms with Crippen molar-refractivity contribution in [3.05, 3.63) is 11.8 Å². The molecule has 2 fully saturated rings. The van der Waals surface area contributed by atoms with Gasteiger partial charge < -0.3 is 9.47 Å². The Morgan fingerprint density at radius 2 is 2.33 bits per heavy atom. The largest absolute Gasteiger partial charge is 0.472 e. The molecule has 0 aromatic heterocycles. The summed E-state index contributed by atoms with van der Waals surface area (Å²) < 4.78 is 9.48. The molecule has 0 aliphatic carbocycles. The SMILES string of the molecule is COC(=O)C(=O)/C=C1/CN2C(=O)CC2O1. The minimum atomic E-state index is -0.938. The van der Waals surface area contributed by atoms with Crippen molar-refractivity contribution in [2.75, 3.05) is 13.7 Å². The van der Waals surface area contributed by atoms with E-state index in [4.69, 9.17) is 4.74 Å². The van der Waals surface area contributed by atoms with E-state index in [-0.39, 0.29) is 18.7 Å². The zero-order chi connectivity index (χ0) is 11.0. The van der Waals surface area contributed by atoms with Crippen molar-refractivity contribution >= 4 is 17.7 Å². The van der Waals surface area contributed by atoms with E-state index in [2.05, 4.69) is 4.74 Å². The summed E-state index contributed by atoms with van der Waals surface area (Å²) in [4.78, 5) is 34.4. The number of ether oxygens (including phenoxy) is 2. The molecule has 0 aromatic carbocycles. The highest BCUT2D eigenvalue weighted by molar-refractivity contribution is 6.38. The van der Waals surface area contributed by atoms with E-state index in [0.717, 1.165) is 13.2 Å². The van der Waals surface area contributed by atoms with Crippen LogP contribution in [0.1, 0.15) is 6.42 Å². The molecule has 0 saturated carbocycles. The number of hydrogen-bond acceptors (Lipinski definition) is 5. The molecule has 1 amide bonds. The Labute approximate surface area is 85.4 Å². The van der Waals surface area contributed by atoms with Gasteiger partial charge in [0.15, 0.2) is 6.23 Å². The van der Waals surface area contributed by atoms with Crippen molar-refractivity contribution in [3.8, 4) is 0 Å². The highest BCUT2D eigenvalue weighted by atomic mass is 16.5. The van der Waals surface area contributed by atoms with Gasteiger partial charge in [0.1, 0.15) is 5.76 Å². The van der Waals surface area contributed by atoms with Gasteiger partial charge in [-0.25, -0.2) is 4.79 Å². The Hall–Kier alpha value is -1.85. The number of carbonyl (C=O) groups excluding carboxylic acids is 3. The second-order valence-corrected chi connectivity index (χ2v) is 3.26. The normalized spacial score (nSPS) is 25.7. The fourth-order valence-corrected chi connectivity index (χ4v) is 1.49. The van der Waals surface area contributed by atoms with Crippen LogP contribution in [0, 0.1) is 0 Å². The number of methoxy groups -OCH3 is 1. The molecule has 1 atom stereocenters. The minimum Gasteiger partial charge on any atom is -0.472 e. The Bertz CT molecular complexity index is 373. The first-order valence-corrected chi connectivity index (χ1v) is 4.41. The van der Waals surface area contributed by atoms with Crippen LogP contribution in [0.25, 0.3) is 0 Å². The summed E-state index contributed by atoms with van der Waals surface area (Å²) >= 11 is 0. The average Bonchev–Trinajstić information content (AvgIpc) is 2.54. The van der Waals surface area contributed by atoms with E-state index in [1.165, 1.54) is 4.90 Å². The van der Waals surface area contributed by atoms with E-state index < -0.39 is 11.8 Å². The molecule has 6 nitrogen and oxygen atoms in total. The molecule has 2 aliphatic rings. The summed E-state index contributed by atoms with van der Waals surface area (Å²) in [5, 5.41) is 0. The number of rotatable bonds is 2. The lowest BCUT2D eigenvalue weighted by molar-refractivity contribution is -0.154. The average molecular weight is 211 g/mol. The minimum absolute atomic E-state index is 0.00563. The third-order valence-electron chi connectivity index (χ3n) is 2.31. The first kappa shape index (κ1) is 9.70. The van der Waals surface area contributed by atoms with Crippen molar-refractivity contribution in [3.63, 3.8) is 0 Å². The molecule has 15 heavy (non-hydrogen) atoms. The highest BCUT2D eigenvalue weighted by Gasteiger charge is 2.43. The Balaban J connectivity index is 2.01. The monoisotopic (exact) mass is 211 g/mol. The number of nitrogens with zero attached hydrogens (tertiary/aromatic N) is 1. The first-order valence-electron chi connectivity index (χ1n) is 4.41. The van der Waals surface area contributed by atoms with Crippen LogP contribution in [0.3, 0.4) is 0 Å². The molecule has 0 spiro atoms. The van der Waals surface area contributed by atoms with Gasteiger partial charge in [-0.1, -0.05) is 0 Å². The number of hydrogen-bond donors (Lipinski definition) is 0. The van der Waals surface area contributed by atoms with Crippen LogP contribution < -0.4 is 0 Å². The summed E-state index contributed by atoms with van der Waals surface area (Å²) in [6.07, 6.45) is 1.15. The van der Waals surface area contributed by atoms with Gasteiger partial charge in [-0.3, -0.25) is 14.5 Å². The molecular formula is C9H9NO5. The van der Waals surface area contributed by atoms with Crippen LogP contribution in [0.5, 0.6) is 0 Å². The molecule has 2 heterocycles. The second-order valence-electron chi connectivity index (χ2n) is 3.26. The molecule has 0 N–H and O–H groups in total. The van der Waals surface area contributed by atoms with Gasteiger partial charge in [-0.2, -0.15) is 0 Å². The van der Waals surface area contributed by atoms with Crippen LogP contribution in [0.4, 0.5) is 0 Å². The van der Waals surface area contributed by atoms with Gasteiger partial charge in [0, 0.05) is 6.08 Å². The third kappa shape index (κ3) is 1.58. The van der Waals surface area contributed by atoms with Crippen LogP contribution in [0.2, 0.25) is 0 Å². The molecule has 0 radical (unpaired) electrons. The Morgan fingerprint density at radius 1 is 1.60 bits per heavy atom. The van der Waals surface area contributed by atoms with Gasteiger partial charge >= 0.3 is 5.97 Å². The lowest BCUT2D eigenvalue weighted by atomic mass is 10.2. The molecule has 6 heteroatoms. The quantitative estimate of drug-likeness (QED) is 0.259. The molecule has 2 rings (SSSR count). The van der Waals surface area contributed by atoms with Gasteiger partial charge in [0.25, 0.3) is 5.78 Å². The van der Waals surface area contributed by atoms with Crippen molar-refractivity contribution in [2.24, 2.45) is 0 Å². The van der Waals surface area contributed by atoms with Crippen molar-refractivity contribution in [2.45, 2.75) is 12.6 Å². The van der Waals surface area contributed by atoms with Crippen LogP contribution >= 0.6 is 0 Å². The van der Waals surface area contributed by atoms with Crippen LogP contribution in [-0.4, -0.2) is 42.4 Å². The Kier molecular flexibility index (Phi) is 2.18. The Morgan fingerprint density at radius 3 is 2.87 bits per heavy atom. The second kappa shape index (κ2) is 3.38. The number of ketones is 1. The lowest BCUT2D eigenvalue weighted by Gasteiger charge is -2.30. The fraction of sp³-hybridized carbons (Fsp3) is 0.444. The maximum atomic E-state index is 11.1.